The number of carbonyl (C=O) groups is 2. The number of hydrogen-bond donors (Lipinski definition) is 1. The Bertz CT molecular complexity index is 1360. The largest absolute Gasteiger partial charge is 0.497 e. The quantitative estimate of drug-likeness (QED) is 0.397. The van der Waals surface area contributed by atoms with Crippen molar-refractivity contribution in [2.75, 3.05) is 25.0 Å². The maximum atomic E-state index is 13.9. The van der Waals surface area contributed by atoms with Gasteiger partial charge in [-0.3, -0.25) is 13.9 Å². The summed E-state index contributed by atoms with van der Waals surface area (Å²) in [5.41, 5.74) is 1.87. The average Bonchev–Trinajstić information content (AvgIpc) is 2.92. The molecule has 10 heteroatoms. The van der Waals surface area contributed by atoms with Gasteiger partial charge in [-0.2, -0.15) is 0 Å². The van der Waals surface area contributed by atoms with Gasteiger partial charge in [0.25, 0.3) is 10.0 Å². The number of rotatable bonds is 11. The third-order valence-corrected chi connectivity index (χ3v) is 8.06. The summed E-state index contributed by atoms with van der Waals surface area (Å²) < 4.78 is 47.3. The predicted octanol–water partition coefficient (Wildman–Crippen LogP) is 3.89. The van der Waals surface area contributed by atoms with Crippen molar-refractivity contribution in [1.82, 2.24) is 10.2 Å². The average molecular weight is 542 g/mol. The number of nitrogens with zero attached hydrogens (tertiary/aromatic N) is 2. The third-order valence-electron chi connectivity index (χ3n) is 6.28. The minimum Gasteiger partial charge on any atom is -0.497 e. The summed E-state index contributed by atoms with van der Waals surface area (Å²) in [6.07, 6.45) is 0.319. The van der Waals surface area contributed by atoms with Gasteiger partial charge in [0.15, 0.2) is 0 Å². The Kier molecular flexibility index (Phi) is 9.46. The molecule has 0 radical (unpaired) electrons. The molecular formula is C28H32FN3O5S. The van der Waals surface area contributed by atoms with E-state index in [0.29, 0.717) is 12.2 Å². The maximum Gasteiger partial charge on any atom is 0.264 e. The second-order valence-electron chi connectivity index (χ2n) is 8.65. The number of halogens is 1. The highest BCUT2D eigenvalue weighted by Crippen LogP contribution is 2.26. The van der Waals surface area contributed by atoms with E-state index in [2.05, 4.69) is 5.32 Å². The number of carbonyl (C=O) groups excluding carboxylic acids is 2. The first-order valence-corrected chi connectivity index (χ1v) is 13.5. The van der Waals surface area contributed by atoms with E-state index in [4.69, 9.17) is 4.74 Å². The van der Waals surface area contributed by atoms with Crippen LogP contribution in [0.1, 0.15) is 24.5 Å². The van der Waals surface area contributed by atoms with Crippen LogP contribution in [-0.4, -0.2) is 51.9 Å². The summed E-state index contributed by atoms with van der Waals surface area (Å²) in [6.45, 7) is 3.19. The second-order valence-corrected chi connectivity index (χ2v) is 10.5. The smallest absolute Gasteiger partial charge is 0.264 e. The van der Waals surface area contributed by atoms with Crippen LogP contribution in [0, 0.1) is 12.7 Å². The summed E-state index contributed by atoms with van der Waals surface area (Å²) in [7, 11) is -1.30. The molecule has 2 amide bonds. The zero-order chi connectivity index (χ0) is 27.9. The molecule has 8 nitrogen and oxygen atoms in total. The molecule has 3 rings (SSSR count). The fourth-order valence-corrected chi connectivity index (χ4v) is 5.48. The first kappa shape index (κ1) is 28.6. The van der Waals surface area contributed by atoms with Gasteiger partial charge in [-0.05, 0) is 73.0 Å². The van der Waals surface area contributed by atoms with Gasteiger partial charge in [0.05, 0.1) is 17.7 Å². The molecule has 38 heavy (non-hydrogen) atoms. The van der Waals surface area contributed by atoms with Crippen LogP contribution in [0.2, 0.25) is 0 Å². The van der Waals surface area contributed by atoms with Crippen LogP contribution >= 0.6 is 0 Å². The van der Waals surface area contributed by atoms with Gasteiger partial charge in [0.1, 0.15) is 24.2 Å². The van der Waals surface area contributed by atoms with E-state index < -0.39 is 34.3 Å². The van der Waals surface area contributed by atoms with Crippen LogP contribution in [0.25, 0.3) is 0 Å². The highest BCUT2D eigenvalue weighted by Gasteiger charge is 2.33. The van der Waals surface area contributed by atoms with Gasteiger partial charge in [0, 0.05) is 13.6 Å². The van der Waals surface area contributed by atoms with Crippen molar-refractivity contribution >= 4 is 27.5 Å². The van der Waals surface area contributed by atoms with Crippen molar-refractivity contribution in [1.29, 1.82) is 0 Å². The molecule has 0 aliphatic carbocycles. The fraction of sp³-hybridized carbons (Fsp3) is 0.286. The van der Waals surface area contributed by atoms with Gasteiger partial charge in [0.2, 0.25) is 11.8 Å². The van der Waals surface area contributed by atoms with E-state index >= 15 is 0 Å². The van der Waals surface area contributed by atoms with Crippen molar-refractivity contribution < 1.29 is 27.1 Å². The maximum absolute atomic E-state index is 13.9. The van der Waals surface area contributed by atoms with E-state index in [9.17, 15) is 22.4 Å². The van der Waals surface area contributed by atoms with Crippen molar-refractivity contribution in [2.45, 2.75) is 37.8 Å². The molecule has 0 unspecified atom stereocenters. The van der Waals surface area contributed by atoms with Crippen LogP contribution in [0.15, 0.2) is 77.7 Å². The van der Waals surface area contributed by atoms with E-state index in [1.807, 2.05) is 31.2 Å². The van der Waals surface area contributed by atoms with Gasteiger partial charge in [-0.25, -0.2) is 12.8 Å². The molecular weight excluding hydrogens is 509 g/mol. The number of methoxy groups -OCH3 is 1. The Labute approximate surface area is 223 Å². The minimum atomic E-state index is -4.25. The van der Waals surface area contributed by atoms with Crippen molar-refractivity contribution in [3.05, 3.63) is 89.7 Å². The summed E-state index contributed by atoms with van der Waals surface area (Å²) in [5.74, 6) is -1.02. The highest BCUT2D eigenvalue weighted by atomic mass is 32.2. The molecule has 1 N–H and O–H groups in total. The number of sulfonamides is 1. The number of anilines is 1. The lowest BCUT2D eigenvalue weighted by Crippen LogP contribution is -2.51. The third kappa shape index (κ3) is 6.49. The lowest BCUT2D eigenvalue weighted by molar-refractivity contribution is -0.140. The molecule has 3 aromatic carbocycles. The monoisotopic (exact) mass is 541 g/mol. The van der Waals surface area contributed by atoms with Crippen molar-refractivity contribution in [3.63, 3.8) is 0 Å². The van der Waals surface area contributed by atoms with E-state index in [-0.39, 0.29) is 23.0 Å². The number of ether oxygens (including phenoxy) is 1. The Morgan fingerprint density at radius 3 is 2.18 bits per heavy atom. The molecule has 0 aromatic heterocycles. The van der Waals surface area contributed by atoms with Gasteiger partial charge in [-0.1, -0.05) is 31.2 Å². The summed E-state index contributed by atoms with van der Waals surface area (Å²) in [6, 6.07) is 17.2. The van der Waals surface area contributed by atoms with Crippen LogP contribution in [0.4, 0.5) is 10.1 Å². The summed E-state index contributed by atoms with van der Waals surface area (Å²) >= 11 is 0. The number of hydrogen-bond acceptors (Lipinski definition) is 5. The first-order chi connectivity index (χ1) is 18.1. The normalized spacial score (nSPS) is 11.9. The minimum absolute atomic E-state index is 0.0702. The molecule has 1 atom stereocenters. The Balaban J connectivity index is 2.06. The molecule has 0 fully saturated rings. The zero-order valence-corrected chi connectivity index (χ0v) is 22.7. The van der Waals surface area contributed by atoms with Gasteiger partial charge >= 0.3 is 0 Å². The fourth-order valence-electron chi connectivity index (χ4n) is 4.07. The van der Waals surface area contributed by atoms with E-state index in [0.717, 1.165) is 27.6 Å². The zero-order valence-electron chi connectivity index (χ0n) is 21.8. The van der Waals surface area contributed by atoms with Gasteiger partial charge < -0.3 is 15.0 Å². The SMILES string of the molecule is CC[C@@H](C(=O)NC)N(Cc1ccccc1C)C(=O)CN(c1ccc(F)cc1)S(=O)(=O)c1ccc(OC)cc1. The van der Waals surface area contributed by atoms with Crippen molar-refractivity contribution in [2.24, 2.45) is 0 Å². The topological polar surface area (TPSA) is 96.0 Å². The van der Waals surface area contributed by atoms with E-state index in [1.54, 1.807) is 6.92 Å². The lowest BCUT2D eigenvalue weighted by Gasteiger charge is -2.33. The Morgan fingerprint density at radius 2 is 1.63 bits per heavy atom. The Hall–Kier alpha value is -3.92. The molecule has 0 aliphatic rings. The molecule has 3 aromatic rings. The van der Waals surface area contributed by atoms with Gasteiger partial charge in [-0.15, -0.1) is 0 Å². The molecule has 0 spiro atoms. The molecule has 0 saturated heterocycles. The molecule has 0 bridgehead atoms. The predicted molar refractivity (Wildman–Crippen MR) is 144 cm³/mol. The molecule has 202 valence electrons. The number of likely N-dealkylation sites (N-methyl/N-ethyl adjacent to an activating group) is 1. The number of benzene rings is 3. The standard InChI is InChI=1S/C28H32FN3O5S/c1-5-26(28(34)30-3)31(18-21-9-7-6-8-20(21)2)27(33)19-32(23-12-10-22(29)11-13-23)38(35,36)25-16-14-24(37-4)15-17-25/h6-17,26H,5,18-19H2,1-4H3,(H,30,34)/t26-/m0/s1. The Morgan fingerprint density at radius 1 is 1.00 bits per heavy atom. The molecule has 0 heterocycles. The number of nitrogens with one attached hydrogen (secondary N) is 1. The molecule has 0 aliphatic heterocycles. The van der Waals surface area contributed by atoms with Crippen molar-refractivity contribution in [3.8, 4) is 5.75 Å². The summed E-state index contributed by atoms with van der Waals surface area (Å²) in [5, 5.41) is 2.59. The van der Waals surface area contributed by atoms with Crippen LogP contribution in [0.5, 0.6) is 5.75 Å². The lowest BCUT2D eigenvalue weighted by atomic mass is 10.1. The summed E-state index contributed by atoms with van der Waals surface area (Å²) in [4.78, 5) is 27.9. The van der Waals surface area contributed by atoms with Crippen LogP contribution < -0.4 is 14.4 Å². The number of aryl methyl sites for hydroxylation is 1. The number of amides is 2. The van der Waals surface area contributed by atoms with E-state index in [1.165, 1.54) is 55.5 Å². The first-order valence-electron chi connectivity index (χ1n) is 12.1. The second kappa shape index (κ2) is 12.6. The van der Waals surface area contributed by atoms with Crippen LogP contribution in [0.3, 0.4) is 0 Å². The van der Waals surface area contributed by atoms with Crippen LogP contribution in [-0.2, 0) is 26.2 Å². The highest BCUT2D eigenvalue weighted by molar-refractivity contribution is 7.92. The molecule has 0 saturated carbocycles.